The summed E-state index contributed by atoms with van der Waals surface area (Å²) in [5.74, 6) is 0.349. The quantitative estimate of drug-likeness (QED) is 0.264. The van der Waals surface area contributed by atoms with Crippen molar-refractivity contribution < 1.29 is 35.8 Å². The summed E-state index contributed by atoms with van der Waals surface area (Å²) in [6.45, 7) is 2.13. The Labute approximate surface area is 222 Å². The molecule has 206 valence electrons. The van der Waals surface area contributed by atoms with Crippen molar-refractivity contribution in [3.05, 3.63) is 84.6 Å². The van der Waals surface area contributed by atoms with E-state index in [0.717, 1.165) is 9.13 Å². The lowest BCUT2D eigenvalue weighted by Gasteiger charge is -2.41. The van der Waals surface area contributed by atoms with Crippen molar-refractivity contribution in [1.82, 2.24) is 20.1 Å². The molecule has 2 N–H and O–H groups in total. The molecule has 7 nitrogen and oxygen atoms in total. The summed E-state index contributed by atoms with van der Waals surface area (Å²) < 4.78 is 97.2. The molecular formula is C24H23F6IN4O3. The van der Waals surface area contributed by atoms with Crippen LogP contribution in [0.25, 0.3) is 0 Å². The van der Waals surface area contributed by atoms with Gasteiger partial charge in [0.25, 0.3) is 0 Å². The van der Waals surface area contributed by atoms with Gasteiger partial charge in [0.05, 0.1) is 36.4 Å². The van der Waals surface area contributed by atoms with Crippen molar-refractivity contribution >= 4 is 25.2 Å². The van der Waals surface area contributed by atoms with E-state index in [1.54, 1.807) is 0 Å². The maximum Gasteiger partial charge on any atom is 0.416 e. The van der Waals surface area contributed by atoms with Crippen LogP contribution in [0.4, 0.5) is 26.3 Å². The number of aromatic nitrogens is 3. The fraction of sp³-hybridized carbons (Fsp3) is 0.375. The highest BCUT2D eigenvalue weighted by atomic mass is 127. The van der Waals surface area contributed by atoms with Gasteiger partial charge in [0, 0.05) is 10.1 Å². The third kappa shape index (κ3) is 6.71. The smallest absolute Gasteiger partial charge is 0.349 e. The monoisotopic (exact) mass is 656 g/mol. The Morgan fingerprint density at radius 2 is 1.76 bits per heavy atom. The van der Waals surface area contributed by atoms with E-state index in [2.05, 4.69) is 19.7 Å². The summed E-state index contributed by atoms with van der Waals surface area (Å²) in [7, 11) is 0. The van der Waals surface area contributed by atoms with Gasteiger partial charge in [0.15, 0.2) is 6.29 Å². The van der Waals surface area contributed by atoms with Gasteiger partial charge >= 0.3 is 18.0 Å². The first kappa shape index (κ1) is 28.4. The first-order chi connectivity index (χ1) is 17.8. The molecule has 38 heavy (non-hydrogen) atoms. The number of aromatic amines is 2. The van der Waals surface area contributed by atoms with Crippen LogP contribution in [0.1, 0.15) is 47.1 Å². The average Bonchev–Trinajstić information content (AvgIpc) is 3.27. The second-order valence-electron chi connectivity index (χ2n) is 8.58. The van der Waals surface area contributed by atoms with Crippen LogP contribution in [0.15, 0.2) is 47.3 Å². The molecular weight excluding hydrogens is 633 g/mol. The number of benzene rings is 2. The summed E-state index contributed by atoms with van der Waals surface area (Å²) in [5.41, 5.74) is -2.87. The number of halogens is 7. The van der Waals surface area contributed by atoms with Crippen LogP contribution in [0, 0.1) is 3.57 Å². The normalized spacial score (nSPS) is 20.0. The van der Waals surface area contributed by atoms with Gasteiger partial charge in [-0.05, 0) is 48.4 Å². The lowest BCUT2D eigenvalue weighted by atomic mass is 10.0. The minimum Gasteiger partial charge on any atom is -0.349 e. The molecule has 1 fully saturated rings. The van der Waals surface area contributed by atoms with E-state index in [9.17, 15) is 31.1 Å². The number of hydrogen-bond donors (Lipinski definition) is 2. The van der Waals surface area contributed by atoms with E-state index in [4.69, 9.17) is 9.47 Å². The van der Waals surface area contributed by atoms with Gasteiger partial charge in [-0.1, -0.05) is 37.4 Å². The van der Waals surface area contributed by atoms with Gasteiger partial charge in [-0.25, -0.2) is 9.89 Å². The molecule has 1 saturated heterocycles. The third-order valence-electron chi connectivity index (χ3n) is 6.00. The second-order valence-corrected chi connectivity index (χ2v) is 10.6. The standard InChI is InChI=1S/C24H23F6IN4O3/c1-13(15-9-16(23(25,26)27)11-17(10-15)24(28,29)30)38-21-20(14-3-5-18(31-2)6-4-14)35(7-8-37-21)12-19-32-22(36)34-33-19/h3-6,9-11,13,20-21H,2,7-8,12H2,1H3,(H2,32,33,34,36)/t13-,20+,21-/m1/s1. The molecule has 1 aliphatic heterocycles. The summed E-state index contributed by atoms with van der Waals surface area (Å²) in [4.78, 5) is 16.0. The van der Waals surface area contributed by atoms with Crippen molar-refractivity contribution in [2.45, 2.75) is 44.3 Å². The summed E-state index contributed by atoms with van der Waals surface area (Å²) in [5, 5.41) is 6.22. The molecule has 0 unspecified atom stereocenters. The number of ether oxygens (including phenoxy) is 2. The van der Waals surface area contributed by atoms with E-state index >= 15 is 0 Å². The van der Waals surface area contributed by atoms with E-state index in [1.165, 1.54) is 6.92 Å². The lowest BCUT2D eigenvalue weighted by Crippen LogP contribution is -2.46. The molecule has 1 aromatic heterocycles. The highest BCUT2D eigenvalue weighted by Gasteiger charge is 2.39. The Morgan fingerprint density at radius 1 is 1.13 bits per heavy atom. The van der Waals surface area contributed by atoms with E-state index in [1.807, 2.05) is 29.2 Å². The zero-order valence-corrected chi connectivity index (χ0v) is 22.0. The number of rotatable bonds is 7. The Kier molecular flexibility index (Phi) is 8.44. The molecule has 1 aliphatic rings. The van der Waals surface area contributed by atoms with Crippen LogP contribution in [-0.4, -0.2) is 44.0 Å². The summed E-state index contributed by atoms with van der Waals surface area (Å²) in [6, 6.07) is 8.29. The Bertz CT molecular complexity index is 1290. The highest BCUT2D eigenvalue weighted by Crippen LogP contribution is 2.39. The minimum atomic E-state index is -4.98. The first-order valence-electron chi connectivity index (χ1n) is 11.3. The molecule has 3 aromatic rings. The topological polar surface area (TPSA) is 83.2 Å². The summed E-state index contributed by atoms with van der Waals surface area (Å²) in [6.07, 6.45) is -12.2. The molecule has 0 bridgehead atoms. The Balaban J connectivity index is 1.67. The van der Waals surface area contributed by atoms with Gasteiger partial charge in [-0.3, -0.25) is 9.88 Å². The van der Waals surface area contributed by atoms with Crippen LogP contribution in [-0.2, 0) is 28.4 Å². The van der Waals surface area contributed by atoms with Crippen molar-refractivity contribution in [3.8, 4) is 0 Å². The SMILES string of the molecule is C=Ic1ccc([C@H]2[C@@H](O[C@H](C)c3cc(C(F)(F)F)cc(C(F)(F)F)c3)OCCN2Cc2n[nH]c(=O)[nH]2)cc1. The number of morpholine rings is 1. The molecule has 4 rings (SSSR count). The Morgan fingerprint density at radius 3 is 2.29 bits per heavy atom. The number of alkyl halides is 6. The van der Waals surface area contributed by atoms with Crippen molar-refractivity contribution in [2.24, 2.45) is 0 Å². The van der Waals surface area contributed by atoms with Gasteiger partial charge in [-0.2, -0.15) is 31.4 Å². The first-order valence-corrected chi connectivity index (χ1v) is 13.9. The molecule has 2 heterocycles. The fourth-order valence-corrected chi connectivity index (χ4v) is 5.03. The van der Waals surface area contributed by atoms with E-state index < -0.39 is 68.3 Å². The van der Waals surface area contributed by atoms with Crippen molar-refractivity contribution in [3.63, 3.8) is 0 Å². The number of nitrogens with zero attached hydrogens (tertiary/aromatic N) is 2. The third-order valence-corrected chi connectivity index (χ3v) is 7.60. The zero-order valence-electron chi connectivity index (χ0n) is 19.9. The molecule has 3 atom stereocenters. The molecule has 14 heteroatoms. The largest absolute Gasteiger partial charge is 0.416 e. The van der Waals surface area contributed by atoms with Crippen LogP contribution in [0.3, 0.4) is 0 Å². The van der Waals surface area contributed by atoms with Gasteiger partial charge < -0.3 is 9.47 Å². The molecule has 0 spiro atoms. The van der Waals surface area contributed by atoms with Crippen molar-refractivity contribution in [2.75, 3.05) is 13.2 Å². The van der Waals surface area contributed by atoms with Crippen LogP contribution < -0.4 is 5.69 Å². The van der Waals surface area contributed by atoms with Crippen molar-refractivity contribution in [1.29, 1.82) is 0 Å². The van der Waals surface area contributed by atoms with E-state index in [-0.39, 0.29) is 24.8 Å². The average molecular weight is 656 g/mol. The number of hydrogen-bond acceptors (Lipinski definition) is 5. The van der Waals surface area contributed by atoms with Crippen LogP contribution in [0.5, 0.6) is 0 Å². The maximum atomic E-state index is 13.4. The summed E-state index contributed by atoms with van der Waals surface area (Å²) >= 11 is -0.418. The molecule has 0 aliphatic carbocycles. The second kappa shape index (κ2) is 11.3. The number of H-pyrrole nitrogens is 2. The lowest BCUT2D eigenvalue weighted by molar-refractivity contribution is -0.231. The van der Waals surface area contributed by atoms with Gasteiger partial charge in [0.1, 0.15) is 5.82 Å². The van der Waals surface area contributed by atoms with Gasteiger partial charge in [-0.15, -0.1) is 0 Å². The maximum absolute atomic E-state index is 13.4. The molecule has 0 radical (unpaired) electrons. The zero-order chi connectivity index (χ0) is 27.7. The van der Waals surface area contributed by atoms with E-state index in [0.29, 0.717) is 24.5 Å². The highest BCUT2D eigenvalue weighted by molar-refractivity contribution is 14.2. The van der Waals surface area contributed by atoms with Gasteiger partial charge in [0.2, 0.25) is 0 Å². The predicted octanol–water partition coefficient (Wildman–Crippen LogP) is 5.39. The number of nitrogens with one attached hydrogen (secondary N) is 2. The van der Waals surface area contributed by atoms with Crippen LogP contribution in [0.2, 0.25) is 0 Å². The predicted molar refractivity (Wildman–Crippen MR) is 134 cm³/mol. The molecule has 0 saturated carbocycles. The Hall–Kier alpha value is -2.56. The minimum absolute atomic E-state index is 0.0787. The molecule has 2 aromatic carbocycles. The molecule has 0 amide bonds. The fourth-order valence-electron chi connectivity index (χ4n) is 4.16. The van der Waals surface area contributed by atoms with Crippen LogP contribution >= 0.6 is 20.7 Å².